The van der Waals surface area contributed by atoms with Gasteiger partial charge in [-0.05, 0) is 6.07 Å². The summed E-state index contributed by atoms with van der Waals surface area (Å²) in [6.07, 6.45) is 1.64. The molecule has 1 unspecified atom stereocenters. The summed E-state index contributed by atoms with van der Waals surface area (Å²) in [4.78, 5) is 40.4. The van der Waals surface area contributed by atoms with Gasteiger partial charge >= 0.3 is 175 Å². The fraction of sp³-hybridized carbons (Fsp3) is 0.323. The number of hydrogen-bond acceptors (Lipinski definition) is 4. The minimum absolute atomic E-state index is 0.0969. The van der Waals surface area contributed by atoms with Gasteiger partial charge in [0.2, 0.25) is 0 Å². The first-order valence-electron chi connectivity index (χ1n) is 13.5. The molecule has 210 valence electrons. The third kappa shape index (κ3) is 7.74. The Morgan fingerprint density at radius 1 is 1.02 bits per heavy atom. The molecule has 8 nitrogen and oxygen atoms in total. The number of aryl methyl sites for hydroxylation is 1. The van der Waals surface area contributed by atoms with Crippen molar-refractivity contribution in [1.82, 2.24) is 10.6 Å². The number of fused-ring (bicyclic) bond motifs is 1. The summed E-state index contributed by atoms with van der Waals surface area (Å²) in [5, 5.41) is 17.4. The number of rotatable bonds is 9. The summed E-state index contributed by atoms with van der Waals surface area (Å²) < 4.78 is -0.105. The van der Waals surface area contributed by atoms with E-state index >= 15 is 0 Å². The van der Waals surface area contributed by atoms with E-state index in [1.54, 1.807) is 4.90 Å². The molecule has 2 atom stereocenters. The Bertz CT molecular complexity index is 1350. The molecule has 40 heavy (non-hydrogen) atoms. The van der Waals surface area contributed by atoms with Crippen LogP contribution >= 0.6 is 0 Å². The van der Waals surface area contributed by atoms with Crippen LogP contribution in [-0.2, 0) is 22.6 Å². The molecule has 0 aromatic heterocycles. The molecule has 1 aliphatic heterocycles. The van der Waals surface area contributed by atoms with Crippen molar-refractivity contribution in [2.24, 2.45) is 0 Å². The average Bonchev–Trinajstić information content (AvgIpc) is 3.04. The van der Waals surface area contributed by atoms with Gasteiger partial charge in [0.15, 0.2) is 0 Å². The first kappa shape index (κ1) is 29.4. The Labute approximate surface area is 244 Å². The predicted octanol–water partition coefficient (Wildman–Crippen LogP) is 3.65. The molecule has 1 heterocycles. The Morgan fingerprint density at radius 2 is 1.73 bits per heavy atom. The van der Waals surface area contributed by atoms with Gasteiger partial charge in [0.1, 0.15) is 0 Å². The van der Waals surface area contributed by atoms with Crippen LogP contribution in [0, 0.1) is 0 Å². The molecule has 1 aliphatic rings. The number of amides is 4. The zero-order chi connectivity index (χ0) is 28.7. The normalized spacial score (nSPS) is 15.2. The van der Waals surface area contributed by atoms with Gasteiger partial charge in [-0.25, -0.2) is 4.79 Å². The number of anilines is 2. The van der Waals surface area contributed by atoms with Gasteiger partial charge in [0.25, 0.3) is 0 Å². The van der Waals surface area contributed by atoms with Crippen molar-refractivity contribution < 1.29 is 19.5 Å². The first-order chi connectivity index (χ1) is 19.1. The van der Waals surface area contributed by atoms with E-state index in [0.717, 1.165) is 27.9 Å². The Kier molecular flexibility index (Phi) is 9.66. The standard InChI is InChI=1S/C31H37AsN4O4/c1-31(2,32)19-28(38)34-26-16-15-23-7-3-6-10-27(23)36(29(26)39)20-21-11-13-22(14-12-21)24-8-4-5-9-25(24)35-30(40)33-17-18-37/h3-14,26,37H,15-20,32H2,1-2H3,(H,34,38)(H2,33,35,40)/t26-/m1/s1. The summed E-state index contributed by atoms with van der Waals surface area (Å²) in [6.45, 7) is 4.48. The number of hydrogen-bond donors (Lipinski definition) is 4. The molecule has 4 amide bonds. The van der Waals surface area contributed by atoms with Gasteiger partial charge in [0, 0.05) is 12.1 Å². The van der Waals surface area contributed by atoms with Crippen molar-refractivity contribution in [2.75, 3.05) is 23.4 Å². The van der Waals surface area contributed by atoms with Crippen molar-refractivity contribution >= 4 is 46.1 Å². The Hall–Kier alpha value is -3.61. The second-order valence-corrected chi connectivity index (χ2v) is 14.0. The van der Waals surface area contributed by atoms with Crippen LogP contribution in [0.2, 0.25) is 4.20 Å². The molecule has 3 aromatic carbocycles. The van der Waals surface area contributed by atoms with Crippen molar-refractivity contribution in [3.8, 4) is 11.1 Å². The monoisotopic (exact) mass is 604 g/mol. The molecular weight excluding hydrogens is 567 g/mol. The number of carbonyl (C=O) groups excluding carboxylic acids is 3. The van der Waals surface area contributed by atoms with Crippen LogP contribution in [0.5, 0.6) is 0 Å². The summed E-state index contributed by atoms with van der Waals surface area (Å²) in [7, 11) is 0. The summed E-state index contributed by atoms with van der Waals surface area (Å²) in [5.74, 6) is -0.203. The van der Waals surface area contributed by atoms with E-state index in [0.29, 0.717) is 31.5 Å². The van der Waals surface area contributed by atoms with Crippen molar-refractivity contribution in [3.05, 3.63) is 83.9 Å². The maximum atomic E-state index is 13.8. The van der Waals surface area contributed by atoms with Crippen LogP contribution in [0.4, 0.5) is 16.2 Å². The summed E-state index contributed by atoms with van der Waals surface area (Å²) >= 11 is 1.51. The SMILES string of the molecule is CC(C)([AsH2])CC(=O)N[C@@H]1CCc2ccccc2N(Cc2ccc(-c3ccccc3NC(=O)NCCO)cc2)C1=O. The summed E-state index contributed by atoms with van der Waals surface area (Å²) in [5.41, 5.74) is 5.32. The molecular formula is C31H37AsN4O4. The average molecular weight is 605 g/mol. The second kappa shape index (κ2) is 13.2. The second-order valence-electron chi connectivity index (χ2n) is 10.7. The molecule has 0 saturated carbocycles. The Morgan fingerprint density at radius 3 is 2.45 bits per heavy atom. The molecule has 0 bridgehead atoms. The van der Waals surface area contributed by atoms with Gasteiger partial charge in [-0.2, -0.15) is 0 Å². The van der Waals surface area contributed by atoms with Crippen LogP contribution in [0.15, 0.2) is 72.8 Å². The van der Waals surface area contributed by atoms with Crippen molar-refractivity contribution in [1.29, 1.82) is 0 Å². The van der Waals surface area contributed by atoms with Crippen LogP contribution in [-0.4, -0.2) is 59.0 Å². The third-order valence-electron chi connectivity index (χ3n) is 6.68. The number of aliphatic hydroxyl groups excluding tert-OH is 1. The zero-order valence-corrected chi connectivity index (χ0v) is 25.4. The molecule has 0 spiro atoms. The van der Waals surface area contributed by atoms with Crippen molar-refractivity contribution in [2.45, 2.75) is 49.9 Å². The number of urea groups is 1. The zero-order valence-electron chi connectivity index (χ0n) is 22.9. The molecule has 9 heteroatoms. The van der Waals surface area contributed by atoms with Gasteiger partial charge in [-0.3, -0.25) is 0 Å². The fourth-order valence-corrected chi connectivity index (χ4v) is 5.21. The number of para-hydroxylation sites is 2. The molecule has 3 aromatic rings. The molecule has 4 N–H and O–H groups in total. The van der Waals surface area contributed by atoms with Crippen molar-refractivity contribution in [3.63, 3.8) is 0 Å². The topological polar surface area (TPSA) is 111 Å². The first-order valence-corrected chi connectivity index (χ1v) is 14.7. The third-order valence-corrected chi connectivity index (χ3v) is 7.11. The van der Waals surface area contributed by atoms with Gasteiger partial charge in [-0.15, -0.1) is 0 Å². The quantitative estimate of drug-likeness (QED) is 0.280. The number of nitrogens with one attached hydrogen (secondary N) is 3. The maximum absolute atomic E-state index is 13.8. The predicted molar refractivity (Wildman–Crippen MR) is 161 cm³/mol. The number of carbonyl (C=O) groups is 3. The number of benzene rings is 3. The van der Waals surface area contributed by atoms with Crippen LogP contribution in [0.3, 0.4) is 0 Å². The molecule has 0 saturated heterocycles. The number of nitrogens with zero attached hydrogens (tertiary/aromatic N) is 1. The van der Waals surface area contributed by atoms with E-state index in [1.165, 1.54) is 16.9 Å². The van der Waals surface area contributed by atoms with E-state index < -0.39 is 6.04 Å². The van der Waals surface area contributed by atoms with E-state index in [-0.39, 0.29) is 35.2 Å². The van der Waals surface area contributed by atoms with E-state index in [4.69, 9.17) is 5.11 Å². The molecule has 4 rings (SSSR count). The molecule has 0 fully saturated rings. The van der Waals surface area contributed by atoms with E-state index in [1.807, 2.05) is 86.6 Å². The van der Waals surface area contributed by atoms with Crippen LogP contribution in [0.25, 0.3) is 11.1 Å². The molecule has 0 aliphatic carbocycles. The minimum atomic E-state index is -0.580. The molecule has 0 radical (unpaired) electrons. The fourth-order valence-electron chi connectivity index (χ4n) is 4.82. The van der Waals surface area contributed by atoms with Gasteiger partial charge < -0.3 is 15.7 Å². The van der Waals surface area contributed by atoms with Gasteiger partial charge in [0.05, 0.1) is 12.3 Å². The summed E-state index contributed by atoms with van der Waals surface area (Å²) in [6, 6.07) is 22.4. The van der Waals surface area contributed by atoms with E-state index in [2.05, 4.69) is 16.0 Å². The van der Waals surface area contributed by atoms with Crippen LogP contribution in [0.1, 0.15) is 37.8 Å². The Balaban J connectivity index is 1.55. The van der Waals surface area contributed by atoms with Gasteiger partial charge in [-0.1, -0.05) is 18.2 Å². The van der Waals surface area contributed by atoms with E-state index in [9.17, 15) is 14.4 Å². The van der Waals surface area contributed by atoms with Crippen LogP contribution < -0.4 is 20.9 Å². The number of aliphatic hydroxyl groups is 1.